The number of hydrogen-bond donors (Lipinski definition) is 1. The summed E-state index contributed by atoms with van der Waals surface area (Å²) in [6, 6.07) is 12.0. The predicted octanol–water partition coefficient (Wildman–Crippen LogP) is 7.33. The van der Waals surface area contributed by atoms with Crippen LogP contribution in [-0.2, 0) is 28.7 Å². The van der Waals surface area contributed by atoms with E-state index in [9.17, 15) is 35.9 Å². The zero-order valence-electron chi connectivity index (χ0n) is 26.6. The number of ether oxygens (including phenoxy) is 1. The molecule has 2 aliphatic heterocycles. The zero-order chi connectivity index (χ0) is 35.0. The molecule has 1 saturated carbocycles. The first-order chi connectivity index (χ1) is 23.3. The van der Waals surface area contributed by atoms with Crippen molar-refractivity contribution in [2.75, 3.05) is 19.7 Å². The third kappa shape index (κ3) is 7.60. The van der Waals surface area contributed by atoms with Crippen molar-refractivity contribution < 1.29 is 40.7 Å². The number of hydrogen-bond acceptors (Lipinski definition) is 4. The summed E-state index contributed by atoms with van der Waals surface area (Å²) in [6.07, 6.45) is -1.89. The summed E-state index contributed by atoms with van der Waals surface area (Å²) in [7, 11) is 0. The number of nitrogens with one attached hydrogen (secondary N) is 1. The minimum Gasteiger partial charge on any atom is -0.488 e. The van der Waals surface area contributed by atoms with Gasteiger partial charge in [-0.2, -0.15) is 17.6 Å². The topological polar surface area (TPSA) is 61.9 Å². The Kier molecular flexibility index (Phi) is 10.00. The molecule has 1 saturated heterocycles. The van der Waals surface area contributed by atoms with Crippen molar-refractivity contribution in [1.82, 2.24) is 15.1 Å². The molecule has 3 aliphatic rings. The Morgan fingerprint density at radius 3 is 2.39 bits per heavy atom. The van der Waals surface area contributed by atoms with Gasteiger partial charge in [-0.15, -0.1) is 0 Å². The second kappa shape index (κ2) is 14.1. The molecule has 49 heavy (non-hydrogen) atoms. The molecule has 0 spiro atoms. The number of nitrogens with zero attached hydrogens (tertiary/aromatic N) is 2. The molecule has 0 unspecified atom stereocenters. The largest absolute Gasteiger partial charge is 0.488 e. The Hall–Kier alpha value is -4.03. The molecule has 2 amide bonds. The van der Waals surface area contributed by atoms with Gasteiger partial charge >= 0.3 is 6.18 Å². The number of aryl methyl sites for hydroxylation is 1. The van der Waals surface area contributed by atoms with Gasteiger partial charge in [-0.3, -0.25) is 9.59 Å². The second-order valence-electron chi connectivity index (χ2n) is 12.7. The Morgan fingerprint density at radius 1 is 1.00 bits per heavy atom. The summed E-state index contributed by atoms with van der Waals surface area (Å²) in [5.74, 6) is -4.74. The molecule has 1 N–H and O–H groups in total. The van der Waals surface area contributed by atoms with Crippen LogP contribution in [0.5, 0.6) is 5.75 Å². The van der Waals surface area contributed by atoms with E-state index in [-0.39, 0.29) is 49.2 Å². The molecular weight excluding hydrogens is 672 g/mol. The van der Waals surface area contributed by atoms with Crippen molar-refractivity contribution in [2.45, 2.75) is 69.9 Å². The highest BCUT2D eigenvalue weighted by Crippen LogP contribution is 2.40. The van der Waals surface area contributed by atoms with Gasteiger partial charge in [0.2, 0.25) is 11.7 Å². The zero-order valence-corrected chi connectivity index (χ0v) is 27.3. The summed E-state index contributed by atoms with van der Waals surface area (Å²) in [4.78, 5) is 30.2. The Balaban J connectivity index is 1.25. The highest BCUT2D eigenvalue weighted by atomic mass is 35.5. The molecule has 2 atom stereocenters. The van der Waals surface area contributed by atoms with Gasteiger partial charge in [0.05, 0.1) is 23.2 Å². The lowest BCUT2D eigenvalue weighted by molar-refractivity contribution is -0.137. The normalized spacial score (nSPS) is 19.2. The quantitative estimate of drug-likeness (QED) is 0.136. The molecular formula is C36H34ClF6N3O3. The maximum Gasteiger partial charge on any atom is 0.417 e. The van der Waals surface area contributed by atoms with E-state index in [1.807, 2.05) is 24.3 Å². The summed E-state index contributed by atoms with van der Waals surface area (Å²) >= 11 is 6.24. The highest BCUT2D eigenvalue weighted by molar-refractivity contribution is 6.32. The van der Waals surface area contributed by atoms with Crippen LogP contribution in [0.25, 0.3) is 5.57 Å². The van der Waals surface area contributed by atoms with Crippen LogP contribution in [0.1, 0.15) is 54.9 Å². The number of fused-ring (bicyclic) bond motifs is 2. The average Bonchev–Trinajstić information content (AvgIpc) is 3.90. The van der Waals surface area contributed by atoms with E-state index >= 15 is 0 Å². The van der Waals surface area contributed by atoms with E-state index in [0.717, 1.165) is 28.8 Å². The molecule has 2 heterocycles. The van der Waals surface area contributed by atoms with Crippen LogP contribution >= 0.6 is 11.6 Å². The number of carbonyl (C=O) groups is 2. The van der Waals surface area contributed by atoms with Gasteiger partial charge in [0.25, 0.3) is 5.91 Å². The summed E-state index contributed by atoms with van der Waals surface area (Å²) < 4.78 is 87.4. The van der Waals surface area contributed by atoms with E-state index in [1.54, 1.807) is 9.80 Å². The first kappa shape index (κ1) is 34.8. The van der Waals surface area contributed by atoms with Crippen molar-refractivity contribution >= 4 is 29.0 Å². The number of halogens is 7. The third-order valence-corrected chi connectivity index (χ3v) is 9.66. The van der Waals surface area contributed by atoms with Gasteiger partial charge in [-0.05, 0) is 72.6 Å². The molecule has 3 aromatic rings. The van der Waals surface area contributed by atoms with Gasteiger partial charge in [0.1, 0.15) is 0 Å². The van der Waals surface area contributed by atoms with Crippen molar-refractivity contribution in [2.24, 2.45) is 0 Å². The molecule has 2 fully saturated rings. The highest BCUT2D eigenvalue weighted by Gasteiger charge is 2.43. The van der Waals surface area contributed by atoms with Crippen LogP contribution in [0.2, 0.25) is 5.02 Å². The van der Waals surface area contributed by atoms with Crippen LogP contribution in [-0.4, -0.2) is 59.4 Å². The van der Waals surface area contributed by atoms with Gasteiger partial charge in [-0.1, -0.05) is 48.0 Å². The number of carbonyl (C=O) groups excluding carboxylic acids is 2. The lowest BCUT2D eigenvalue weighted by Crippen LogP contribution is -2.61. The standard InChI is InChI=1S/C36H34ClF6N3O3/c1-20(47)45-18-24-16-26(22-9-7-21(8-10-22)4-3-15-49-34-29(39)14-13-28(38)33(34)40)31(30(19-45)44-24)35(48)46(25-11-12-25)17-23-5-2-6-27(32(23)37)36(41,42)43/h2,5-10,13-14,24-25,30,44H,3-4,11-12,15-19H2,1H3/t24-,30-/m1/s1. The minimum atomic E-state index is -4.64. The Morgan fingerprint density at radius 2 is 1.71 bits per heavy atom. The smallest absolute Gasteiger partial charge is 0.417 e. The lowest BCUT2D eigenvalue weighted by Gasteiger charge is -2.44. The fourth-order valence-corrected chi connectivity index (χ4v) is 6.89. The van der Waals surface area contributed by atoms with E-state index in [0.29, 0.717) is 50.3 Å². The number of amides is 2. The molecule has 0 radical (unpaired) electrons. The van der Waals surface area contributed by atoms with Gasteiger partial charge in [-0.25, -0.2) is 8.78 Å². The molecule has 2 bridgehead atoms. The van der Waals surface area contributed by atoms with Gasteiger partial charge < -0.3 is 19.9 Å². The summed E-state index contributed by atoms with van der Waals surface area (Å²) in [5, 5.41) is 3.06. The fourth-order valence-electron chi connectivity index (χ4n) is 6.60. The molecule has 6 nitrogen and oxygen atoms in total. The lowest BCUT2D eigenvalue weighted by atomic mass is 9.82. The van der Waals surface area contributed by atoms with Crippen LogP contribution in [0.3, 0.4) is 0 Å². The van der Waals surface area contributed by atoms with Crippen LogP contribution in [0.4, 0.5) is 26.3 Å². The number of rotatable bonds is 10. The fraction of sp³-hybridized carbons (Fsp3) is 0.389. The molecule has 0 aromatic heterocycles. The predicted molar refractivity (Wildman–Crippen MR) is 171 cm³/mol. The first-order valence-corrected chi connectivity index (χ1v) is 16.4. The van der Waals surface area contributed by atoms with Gasteiger partial charge in [0.15, 0.2) is 17.4 Å². The van der Waals surface area contributed by atoms with Crippen molar-refractivity contribution in [3.05, 3.63) is 105 Å². The molecule has 3 aromatic carbocycles. The van der Waals surface area contributed by atoms with Crippen LogP contribution < -0.4 is 10.1 Å². The average molecular weight is 706 g/mol. The first-order valence-electron chi connectivity index (χ1n) is 16.1. The maximum atomic E-state index is 14.5. The van der Waals surface area contributed by atoms with E-state index in [4.69, 9.17) is 16.3 Å². The van der Waals surface area contributed by atoms with E-state index in [1.165, 1.54) is 19.1 Å². The SMILES string of the molecule is CC(=O)N1C[C@H]2CC(c3ccc(CCCOc4c(F)ccc(F)c4F)cc3)=C(C(=O)N(Cc3cccc(C(F)(F)F)c3Cl)C3CC3)[C@@H](C1)N2. The summed E-state index contributed by atoms with van der Waals surface area (Å²) in [5.41, 5.74) is 2.21. The number of piperazine rings is 1. The Labute approximate surface area is 284 Å². The number of alkyl halides is 3. The Bertz CT molecular complexity index is 1780. The van der Waals surface area contributed by atoms with Crippen LogP contribution in [0.15, 0.2) is 60.2 Å². The van der Waals surface area contributed by atoms with Crippen molar-refractivity contribution in [3.8, 4) is 5.75 Å². The minimum absolute atomic E-state index is 0.0442. The molecule has 6 rings (SSSR count). The van der Waals surface area contributed by atoms with E-state index in [2.05, 4.69) is 5.32 Å². The second-order valence-corrected chi connectivity index (χ2v) is 13.1. The molecule has 13 heteroatoms. The van der Waals surface area contributed by atoms with Gasteiger partial charge in [0, 0.05) is 44.2 Å². The van der Waals surface area contributed by atoms with Crippen LogP contribution in [0, 0.1) is 17.5 Å². The third-order valence-electron chi connectivity index (χ3n) is 9.21. The number of benzene rings is 3. The van der Waals surface area contributed by atoms with Crippen molar-refractivity contribution in [1.29, 1.82) is 0 Å². The molecule has 260 valence electrons. The molecule has 1 aliphatic carbocycles. The van der Waals surface area contributed by atoms with E-state index < -0.39 is 46.0 Å². The summed E-state index contributed by atoms with van der Waals surface area (Å²) in [6.45, 7) is 2.07. The maximum absolute atomic E-state index is 14.5. The van der Waals surface area contributed by atoms with Crippen molar-refractivity contribution in [3.63, 3.8) is 0 Å². The monoisotopic (exact) mass is 705 g/mol.